The fourth-order valence-electron chi connectivity index (χ4n) is 2.33. The van der Waals surface area contributed by atoms with Crippen LogP contribution in [-0.4, -0.2) is 12.4 Å². The fraction of sp³-hybridized carbons (Fsp3) is 0.533. The molecule has 2 rings (SSSR count). The Labute approximate surface area is 107 Å². The largest absolute Gasteiger partial charge is 0.493 e. The molecule has 1 aliphatic carbocycles. The van der Waals surface area contributed by atoms with E-state index in [-0.39, 0.29) is 11.6 Å². The molecule has 3 heteroatoms. The molecule has 0 spiro atoms. The third-order valence-corrected chi connectivity index (χ3v) is 3.67. The van der Waals surface area contributed by atoms with Crippen LogP contribution in [0, 0.1) is 12.7 Å². The van der Waals surface area contributed by atoms with E-state index in [1.54, 1.807) is 13.0 Å². The van der Waals surface area contributed by atoms with Crippen LogP contribution in [0.2, 0.25) is 0 Å². The van der Waals surface area contributed by atoms with Gasteiger partial charge in [-0.25, -0.2) is 4.39 Å². The Balaban J connectivity index is 2.35. The van der Waals surface area contributed by atoms with Gasteiger partial charge in [-0.05, 0) is 44.7 Å². The van der Waals surface area contributed by atoms with Gasteiger partial charge >= 0.3 is 0 Å². The van der Waals surface area contributed by atoms with Crippen LogP contribution < -0.4 is 4.74 Å². The first-order chi connectivity index (χ1) is 8.51. The minimum absolute atomic E-state index is 0.0584. The molecule has 1 aromatic rings. The van der Waals surface area contributed by atoms with Crippen LogP contribution in [0.4, 0.5) is 4.39 Å². The number of ether oxygens (including phenoxy) is 1. The average Bonchev–Trinajstić information content (AvgIpc) is 3.11. The maximum Gasteiger partial charge on any atom is 0.140 e. The highest BCUT2D eigenvalue weighted by atomic mass is 19.1. The molecule has 0 heterocycles. The lowest BCUT2D eigenvalue weighted by atomic mass is 9.90. The van der Waals surface area contributed by atoms with Crippen molar-refractivity contribution in [2.24, 2.45) is 0 Å². The van der Waals surface area contributed by atoms with Gasteiger partial charge < -0.3 is 4.74 Å². The molecule has 0 bridgehead atoms. The Kier molecular flexibility index (Phi) is 3.42. The highest BCUT2D eigenvalue weighted by Gasteiger charge is 2.50. The van der Waals surface area contributed by atoms with Crippen molar-refractivity contribution in [1.82, 2.24) is 0 Å². The monoisotopic (exact) mass is 250 g/mol. The van der Waals surface area contributed by atoms with Gasteiger partial charge in [0, 0.05) is 11.6 Å². The maximum absolute atomic E-state index is 14.1. The first-order valence-corrected chi connectivity index (χ1v) is 6.45. The van der Waals surface area contributed by atoms with Crippen LogP contribution in [-0.2, 0) is 10.2 Å². The van der Waals surface area contributed by atoms with Crippen molar-refractivity contribution in [3.63, 3.8) is 0 Å². The van der Waals surface area contributed by atoms with E-state index in [1.807, 2.05) is 13.8 Å². The smallest absolute Gasteiger partial charge is 0.140 e. The van der Waals surface area contributed by atoms with Gasteiger partial charge in [-0.2, -0.15) is 0 Å². The third kappa shape index (κ3) is 2.14. The molecule has 0 amide bonds. The average molecular weight is 250 g/mol. The molecule has 0 aliphatic heterocycles. The Morgan fingerprint density at radius 1 is 1.44 bits per heavy atom. The SMILES string of the molecule is CCCOc1cc(F)c(C2(C(C)=O)CC2)cc1C. The molecule has 0 aromatic heterocycles. The number of ketones is 1. The van der Waals surface area contributed by atoms with Crippen molar-refractivity contribution in [3.8, 4) is 5.75 Å². The van der Waals surface area contributed by atoms with Crippen LogP contribution in [0.1, 0.15) is 44.2 Å². The zero-order valence-electron chi connectivity index (χ0n) is 11.2. The van der Waals surface area contributed by atoms with Gasteiger partial charge in [-0.1, -0.05) is 6.92 Å². The summed E-state index contributed by atoms with van der Waals surface area (Å²) in [6, 6.07) is 3.19. The number of halogens is 1. The van der Waals surface area contributed by atoms with Crippen LogP contribution >= 0.6 is 0 Å². The molecular weight excluding hydrogens is 231 g/mol. The van der Waals surface area contributed by atoms with Crippen molar-refractivity contribution < 1.29 is 13.9 Å². The molecule has 0 N–H and O–H groups in total. The molecule has 2 nitrogen and oxygen atoms in total. The van der Waals surface area contributed by atoms with Crippen LogP contribution in [0.3, 0.4) is 0 Å². The van der Waals surface area contributed by atoms with Crippen molar-refractivity contribution >= 4 is 5.78 Å². The number of carbonyl (C=O) groups is 1. The second kappa shape index (κ2) is 4.71. The van der Waals surface area contributed by atoms with E-state index < -0.39 is 5.41 Å². The van der Waals surface area contributed by atoms with Gasteiger partial charge in [0.1, 0.15) is 17.3 Å². The molecule has 0 unspecified atom stereocenters. The summed E-state index contributed by atoms with van der Waals surface area (Å²) < 4.78 is 19.6. The van der Waals surface area contributed by atoms with Gasteiger partial charge in [-0.3, -0.25) is 4.79 Å². The third-order valence-electron chi connectivity index (χ3n) is 3.67. The van der Waals surface area contributed by atoms with Crippen molar-refractivity contribution in [2.45, 2.75) is 45.4 Å². The lowest BCUT2D eigenvalue weighted by molar-refractivity contribution is -0.119. The predicted octanol–water partition coefficient (Wildman–Crippen LogP) is 3.54. The van der Waals surface area contributed by atoms with E-state index in [9.17, 15) is 9.18 Å². The maximum atomic E-state index is 14.1. The van der Waals surface area contributed by atoms with Crippen LogP contribution in [0.25, 0.3) is 0 Å². The number of carbonyl (C=O) groups excluding carboxylic acids is 1. The van der Waals surface area contributed by atoms with E-state index in [1.165, 1.54) is 6.07 Å². The molecule has 18 heavy (non-hydrogen) atoms. The minimum atomic E-state index is -0.557. The van der Waals surface area contributed by atoms with Crippen LogP contribution in [0.15, 0.2) is 12.1 Å². The number of benzene rings is 1. The first-order valence-electron chi connectivity index (χ1n) is 6.45. The molecule has 1 aromatic carbocycles. The van der Waals surface area contributed by atoms with E-state index in [4.69, 9.17) is 4.74 Å². The van der Waals surface area contributed by atoms with E-state index in [0.29, 0.717) is 17.9 Å². The lowest BCUT2D eigenvalue weighted by Gasteiger charge is -2.16. The zero-order chi connectivity index (χ0) is 13.3. The summed E-state index contributed by atoms with van der Waals surface area (Å²) in [6.07, 6.45) is 2.40. The Morgan fingerprint density at radius 2 is 2.11 bits per heavy atom. The molecule has 0 saturated heterocycles. The standard InChI is InChI=1S/C15H19FO2/c1-4-7-18-14-9-13(16)12(8-10(14)2)15(5-6-15)11(3)17/h8-9H,4-7H2,1-3H3. The predicted molar refractivity (Wildman–Crippen MR) is 68.5 cm³/mol. The highest BCUT2D eigenvalue weighted by molar-refractivity contribution is 5.91. The number of rotatable bonds is 5. The van der Waals surface area contributed by atoms with Gasteiger partial charge in [0.25, 0.3) is 0 Å². The molecule has 1 fully saturated rings. The van der Waals surface area contributed by atoms with Crippen molar-refractivity contribution in [2.75, 3.05) is 6.61 Å². The Hall–Kier alpha value is -1.38. The quantitative estimate of drug-likeness (QED) is 0.799. The van der Waals surface area contributed by atoms with Crippen LogP contribution in [0.5, 0.6) is 5.75 Å². The summed E-state index contributed by atoms with van der Waals surface area (Å²) in [5.74, 6) is 0.319. The number of hydrogen-bond donors (Lipinski definition) is 0. The Morgan fingerprint density at radius 3 is 2.61 bits per heavy atom. The summed E-state index contributed by atoms with van der Waals surface area (Å²) in [4.78, 5) is 11.7. The summed E-state index contributed by atoms with van der Waals surface area (Å²) in [7, 11) is 0. The minimum Gasteiger partial charge on any atom is -0.493 e. The van der Waals surface area contributed by atoms with E-state index in [0.717, 1.165) is 24.8 Å². The molecule has 98 valence electrons. The normalized spacial score (nSPS) is 16.4. The highest BCUT2D eigenvalue weighted by Crippen LogP contribution is 2.50. The Bertz CT molecular complexity index is 476. The molecule has 1 saturated carbocycles. The summed E-state index contributed by atoms with van der Waals surface area (Å²) in [6.45, 7) is 6.03. The van der Waals surface area contributed by atoms with E-state index in [2.05, 4.69) is 0 Å². The zero-order valence-corrected chi connectivity index (χ0v) is 11.2. The summed E-state index contributed by atoms with van der Waals surface area (Å²) in [5.41, 5.74) is 0.877. The van der Waals surface area contributed by atoms with Gasteiger partial charge in [0.15, 0.2) is 0 Å². The van der Waals surface area contributed by atoms with Gasteiger partial charge in [-0.15, -0.1) is 0 Å². The molecule has 0 atom stereocenters. The fourth-order valence-corrected chi connectivity index (χ4v) is 2.33. The van der Waals surface area contributed by atoms with E-state index >= 15 is 0 Å². The number of aryl methyl sites for hydroxylation is 1. The second-order valence-corrected chi connectivity index (χ2v) is 5.08. The first kappa shape index (κ1) is 13.1. The summed E-state index contributed by atoms with van der Waals surface area (Å²) >= 11 is 0. The van der Waals surface area contributed by atoms with Gasteiger partial charge in [0.05, 0.1) is 12.0 Å². The number of Topliss-reactive ketones (excluding diaryl/α,β-unsaturated/α-hetero) is 1. The molecule has 0 radical (unpaired) electrons. The van der Waals surface area contributed by atoms with Gasteiger partial charge in [0.2, 0.25) is 0 Å². The number of hydrogen-bond acceptors (Lipinski definition) is 2. The molecule has 1 aliphatic rings. The van der Waals surface area contributed by atoms with Crippen molar-refractivity contribution in [1.29, 1.82) is 0 Å². The molecular formula is C15H19FO2. The second-order valence-electron chi connectivity index (χ2n) is 5.08. The topological polar surface area (TPSA) is 26.3 Å². The summed E-state index contributed by atoms with van der Waals surface area (Å²) in [5, 5.41) is 0. The lowest BCUT2D eigenvalue weighted by Crippen LogP contribution is -2.19. The van der Waals surface area contributed by atoms with Crippen molar-refractivity contribution in [3.05, 3.63) is 29.1 Å².